The van der Waals surface area contributed by atoms with Gasteiger partial charge in [0.2, 0.25) is 5.91 Å². The zero-order valence-corrected chi connectivity index (χ0v) is 9.16. The first-order valence-electron chi connectivity index (χ1n) is 4.88. The molecule has 0 bridgehead atoms. The van der Waals surface area contributed by atoms with Crippen LogP contribution in [0.3, 0.4) is 0 Å². The van der Waals surface area contributed by atoms with Gasteiger partial charge in [-0.3, -0.25) is 9.48 Å². The van der Waals surface area contributed by atoms with Crippen LogP contribution in [0.5, 0.6) is 0 Å². The molecule has 4 nitrogen and oxygen atoms in total. The standard InChI is InChI=1S/C10H17N3O/c1-5-9(14)12-8-6-11-13(4)10(8)7(2)3/h6-7H,5H2,1-4H3,(H,12,14). The smallest absolute Gasteiger partial charge is 0.224 e. The molecule has 0 saturated heterocycles. The molecule has 1 rings (SSSR count). The molecule has 0 aliphatic rings. The second-order valence-corrected chi connectivity index (χ2v) is 3.62. The number of rotatable bonds is 3. The maximum absolute atomic E-state index is 11.2. The lowest BCUT2D eigenvalue weighted by Gasteiger charge is -2.09. The fraction of sp³-hybridized carbons (Fsp3) is 0.600. The predicted molar refractivity (Wildman–Crippen MR) is 56.2 cm³/mol. The van der Waals surface area contributed by atoms with Crippen molar-refractivity contribution in [2.75, 3.05) is 5.32 Å². The molecule has 0 unspecified atom stereocenters. The van der Waals surface area contributed by atoms with Crippen LogP contribution in [0.4, 0.5) is 5.69 Å². The van der Waals surface area contributed by atoms with Crippen LogP contribution in [0.1, 0.15) is 38.8 Å². The Balaban J connectivity index is 2.92. The number of carbonyl (C=O) groups excluding carboxylic acids is 1. The fourth-order valence-corrected chi connectivity index (χ4v) is 1.47. The largest absolute Gasteiger partial charge is 0.323 e. The molecule has 0 aliphatic heterocycles. The molecule has 78 valence electrons. The van der Waals surface area contributed by atoms with Crippen molar-refractivity contribution in [3.8, 4) is 0 Å². The van der Waals surface area contributed by atoms with Crippen LogP contribution in [0.15, 0.2) is 6.20 Å². The Hall–Kier alpha value is -1.32. The van der Waals surface area contributed by atoms with E-state index in [0.29, 0.717) is 12.3 Å². The molecule has 4 heteroatoms. The first-order chi connectivity index (χ1) is 6.56. The van der Waals surface area contributed by atoms with Gasteiger partial charge in [-0.15, -0.1) is 0 Å². The predicted octanol–water partition coefficient (Wildman–Crippen LogP) is 1.89. The number of nitrogens with zero attached hydrogens (tertiary/aromatic N) is 2. The molecule has 0 aliphatic carbocycles. The van der Waals surface area contributed by atoms with Crippen LogP contribution >= 0.6 is 0 Å². The third kappa shape index (κ3) is 2.13. The van der Waals surface area contributed by atoms with Gasteiger partial charge in [-0.05, 0) is 5.92 Å². The van der Waals surface area contributed by atoms with Crippen molar-refractivity contribution < 1.29 is 4.79 Å². The first-order valence-corrected chi connectivity index (χ1v) is 4.88. The van der Waals surface area contributed by atoms with Crippen LogP contribution in [0, 0.1) is 0 Å². The van der Waals surface area contributed by atoms with Crippen LogP contribution in [-0.4, -0.2) is 15.7 Å². The maximum atomic E-state index is 11.2. The molecule has 1 amide bonds. The number of aryl methyl sites for hydroxylation is 1. The van der Waals surface area contributed by atoms with Crippen LogP contribution in [0.25, 0.3) is 0 Å². The summed E-state index contributed by atoms with van der Waals surface area (Å²) in [6.07, 6.45) is 2.19. The van der Waals surface area contributed by atoms with E-state index in [2.05, 4.69) is 24.3 Å². The average Bonchev–Trinajstić information content (AvgIpc) is 2.46. The van der Waals surface area contributed by atoms with Crippen molar-refractivity contribution in [3.05, 3.63) is 11.9 Å². The summed E-state index contributed by atoms with van der Waals surface area (Å²) >= 11 is 0. The highest BCUT2D eigenvalue weighted by atomic mass is 16.1. The molecule has 0 atom stereocenters. The third-order valence-electron chi connectivity index (χ3n) is 2.13. The molecular weight excluding hydrogens is 178 g/mol. The minimum atomic E-state index is 0.0277. The summed E-state index contributed by atoms with van der Waals surface area (Å²) in [4.78, 5) is 11.2. The molecule has 14 heavy (non-hydrogen) atoms. The van der Waals surface area contributed by atoms with Crippen molar-refractivity contribution in [1.82, 2.24) is 9.78 Å². The summed E-state index contributed by atoms with van der Waals surface area (Å²) in [6, 6.07) is 0. The summed E-state index contributed by atoms with van der Waals surface area (Å²) in [6.45, 7) is 6.00. The molecule has 0 aromatic carbocycles. The Bertz CT molecular complexity index is 328. The second-order valence-electron chi connectivity index (χ2n) is 3.62. The van der Waals surface area contributed by atoms with E-state index in [9.17, 15) is 4.79 Å². The van der Waals surface area contributed by atoms with E-state index >= 15 is 0 Å². The number of hydrogen-bond donors (Lipinski definition) is 1. The number of amides is 1. The highest BCUT2D eigenvalue weighted by Gasteiger charge is 2.13. The van der Waals surface area contributed by atoms with Gasteiger partial charge in [0.05, 0.1) is 17.6 Å². The molecular formula is C10H17N3O. The molecule has 1 aromatic heterocycles. The average molecular weight is 195 g/mol. The second kappa shape index (κ2) is 4.26. The highest BCUT2D eigenvalue weighted by Crippen LogP contribution is 2.22. The van der Waals surface area contributed by atoms with E-state index < -0.39 is 0 Å². The molecule has 0 radical (unpaired) electrons. The monoisotopic (exact) mass is 195 g/mol. The molecule has 0 spiro atoms. The van der Waals surface area contributed by atoms with E-state index in [0.717, 1.165) is 11.4 Å². The summed E-state index contributed by atoms with van der Waals surface area (Å²) in [5.74, 6) is 0.384. The zero-order valence-electron chi connectivity index (χ0n) is 9.16. The summed E-state index contributed by atoms with van der Waals surface area (Å²) in [5.41, 5.74) is 1.89. The number of carbonyl (C=O) groups is 1. The Labute approximate surface area is 84.3 Å². The summed E-state index contributed by atoms with van der Waals surface area (Å²) in [7, 11) is 1.89. The van der Waals surface area contributed by atoms with Crippen molar-refractivity contribution in [2.45, 2.75) is 33.1 Å². The lowest BCUT2D eigenvalue weighted by Crippen LogP contribution is -2.11. The van der Waals surface area contributed by atoms with E-state index in [4.69, 9.17) is 0 Å². The van der Waals surface area contributed by atoms with Gasteiger partial charge in [0.15, 0.2) is 0 Å². The summed E-state index contributed by atoms with van der Waals surface area (Å²) < 4.78 is 1.80. The number of aromatic nitrogens is 2. The highest BCUT2D eigenvalue weighted by molar-refractivity contribution is 5.90. The Kier molecular flexibility index (Phi) is 3.28. The fourth-order valence-electron chi connectivity index (χ4n) is 1.47. The van der Waals surface area contributed by atoms with Crippen molar-refractivity contribution in [1.29, 1.82) is 0 Å². The van der Waals surface area contributed by atoms with Gasteiger partial charge in [-0.25, -0.2) is 0 Å². The normalized spacial score (nSPS) is 10.6. The van der Waals surface area contributed by atoms with E-state index in [-0.39, 0.29) is 5.91 Å². The minimum Gasteiger partial charge on any atom is -0.323 e. The molecule has 1 heterocycles. The van der Waals surface area contributed by atoms with Crippen molar-refractivity contribution in [2.24, 2.45) is 7.05 Å². The van der Waals surface area contributed by atoms with Crippen LogP contribution in [0.2, 0.25) is 0 Å². The van der Waals surface area contributed by atoms with Crippen LogP contribution < -0.4 is 5.32 Å². The Morgan fingerprint density at radius 3 is 2.79 bits per heavy atom. The quantitative estimate of drug-likeness (QED) is 0.800. The third-order valence-corrected chi connectivity index (χ3v) is 2.13. The van der Waals surface area contributed by atoms with Gasteiger partial charge in [0.1, 0.15) is 0 Å². The van der Waals surface area contributed by atoms with Gasteiger partial charge in [0, 0.05) is 13.5 Å². The summed E-state index contributed by atoms with van der Waals surface area (Å²) in [5, 5.41) is 6.97. The Morgan fingerprint density at radius 2 is 2.29 bits per heavy atom. The SMILES string of the molecule is CCC(=O)Nc1cnn(C)c1C(C)C. The number of nitrogens with one attached hydrogen (secondary N) is 1. The lowest BCUT2D eigenvalue weighted by atomic mass is 10.1. The topological polar surface area (TPSA) is 46.9 Å². The maximum Gasteiger partial charge on any atom is 0.224 e. The Morgan fingerprint density at radius 1 is 1.64 bits per heavy atom. The molecule has 0 saturated carbocycles. The van der Waals surface area contributed by atoms with E-state index in [1.807, 2.05) is 14.0 Å². The number of anilines is 1. The first kappa shape index (κ1) is 10.8. The van der Waals surface area contributed by atoms with Crippen LogP contribution in [-0.2, 0) is 11.8 Å². The van der Waals surface area contributed by atoms with E-state index in [1.54, 1.807) is 10.9 Å². The number of hydrogen-bond acceptors (Lipinski definition) is 2. The zero-order chi connectivity index (χ0) is 10.7. The van der Waals surface area contributed by atoms with Gasteiger partial charge in [-0.1, -0.05) is 20.8 Å². The molecule has 1 aromatic rings. The van der Waals surface area contributed by atoms with Crippen molar-refractivity contribution in [3.63, 3.8) is 0 Å². The van der Waals surface area contributed by atoms with Gasteiger partial charge >= 0.3 is 0 Å². The van der Waals surface area contributed by atoms with Gasteiger partial charge < -0.3 is 5.32 Å². The molecule has 1 N–H and O–H groups in total. The van der Waals surface area contributed by atoms with E-state index in [1.165, 1.54) is 0 Å². The lowest BCUT2D eigenvalue weighted by molar-refractivity contribution is -0.115. The van der Waals surface area contributed by atoms with Gasteiger partial charge in [-0.2, -0.15) is 5.10 Å². The molecule has 0 fully saturated rings. The van der Waals surface area contributed by atoms with Crippen molar-refractivity contribution >= 4 is 11.6 Å². The minimum absolute atomic E-state index is 0.0277. The van der Waals surface area contributed by atoms with Gasteiger partial charge in [0.25, 0.3) is 0 Å².